The van der Waals surface area contributed by atoms with Gasteiger partial charge in [0, 0.05) is 43.4 Å². The maximum atomic E-state index is 13.8. The molecule has 2 aromatic carbocycles. The van der Waals surface area contributed by atoms with Gasteiger partial charge in [0.05, 0.1) is 9.82 Å². The van der Waals surface area contributed by atoms with Gasteiger partial charge in [0.15, 0.2) is 11.6 Å². The van der Waals surface area contributed by atoms with Crippen LogP contribution in [0.5, 0.6) is 0 Å². The van der Waals surface area contributed by atoms with Gasteiger partial charge in [-0.15, -0.1) is 12.4 Å². The Morgan fingerprint density at radius 3 is 2.15 bits per heavy atom. The summed E-state index contributed by atoms with van der Waals surface area (Å²) in [5, 5.41) is 10.6. The average molecular weight is 426 g/mol. The van der Waals surface area contributed by atoms with E-state index in [1.165, 1.54) is 0 Å². The van der Waals surface area contributed by atoms with Crippen LogP contribution in [0, 0.1) is 27.6 Å². The molecule has 0 aliphatic heterocycles. The Hall–Kier alpha value is -2.21. The van der Waals surface area contributed by atoms with Crippen molar-refractivity contribution in [1.82, 2.24) is 4.31 Å². The van der Waals surface area contributed by atoms with Crippen LogP contribution in [0.1, 0.15) is 11.6 Å². The summed E-state index contributed by atoms with van der Waals surface area (Å²) in [6.07, 6.45) is 0. The molecular formula is C15H15ClF3N3O4S. The standard InChI is InChI=1S/C15H14F3N3O4S.ClH/c1-20(8-15(19)11-6-13(17)14(18)7-12(11)16)26(24,25)10-4-2-9(3-5-10)21(22)23;/h2-7,15H,8,19H2,1H3;1H. The van der Waals surface area contributed by atoms with Gasteiger partial charge in [-0.3, -0.25) is 10.1 Å². The van der Waals surface area contributed by atoms with Crippen molar-refractivity contribution in [3.05, 3.63) is 69.5 Å². The van der Waals surface area contributed by atoms with E-state index in [1.807, 2.05) is 0 Å². The molecule has 0 saturated carbocycles. The molecule has 0 aromatic heterocycles. The molecule has 0 heterocycles. The monoisotopic (exact) mass is 425 g/mol. The third kappa shape index (κ3) is 4.95. The van der Waals surface area contributed by atoms with Gasteiger partial charge in [-0.05, 0) is 18.2 Å². The second-order valence-corrected chi connectivity index (χ2v) is 7.48. The van der Waals surface area contributed by atoms with Gasteiger partial charge >= 0.3 is 0 Å². The highest BCUT2D eigenvalue weighted by molar-refractivity contribution is 7.89. The number of likely N-dealkylation sites (N-methyl/N-ethyl adjacent to an activating group) is 1. The van der Waals surface area contributed by atoms with Crippen LogP contribution in [-0.4, -0.2) is 31.2 Å². The quantitative estimate of drug-likeness (QED) is 0.435. The molecule has 12 heteroatoms. The van der Waals surface area contributed by atoms with Gasteiger partial charge < -0.3 is 5.73 Å². The summed E-state index contributed by atoms with van der Waals surface area (Å²) >= 11 is 0. The first-order valence-corrected chi connectivity index (χ1v) is 8.59. The molecule has 0 radical (unpaired) electrons. The molecule has 2 rings (SSSR count). The molecule has 2 aromatic rings. The fraction of sp³-hybridized carbons (Fsp3) is 0.200. The normalized spacial score (nSPS) is 12.5. The highest BCUT2D eigenvalue weighted by Crippen LogP contribution is 2.23. The molecule has 0 aliphatic carbocycles. The molecule has 0 bridgehead atoms. The first-order valence-electron chi connectivity index (χ1n) is 7.15. The largest absolute Gasteiger partial charge is 0.323 e. The Balaban J connectivity index is 0.00000364. The van der Waals surface area contributed by atoms with Gasteiger partial charge in [0.2, 0.25) is 10.0 Å². The average Bonchev–Trinajstić information content (AvgIpc) is 2.57. The number of nitro benzene ring substituents is 1. The number of hydrogen-bond acceptors (Lipinski definition) is 5. The summed E-state index contributed by atoms with van der Waals surface area (Å²) in [6, 6.07) is 3.78. The molecule has 1 unspecified atom stereocenters. The van der Waals surface area contributed by atoms with Crippen molar-refractivity contribution in [2.24, 2.45) is 5.73 Å². The molecule has 0 fully saturated rings. The van der Waals surface area contributed by atoms with Gasteiger partial charge in [-0.2, -0.15) is 4.31 Å². The molecule has 27 heavy (non-hydrogen) atoms. The Morgan fingerprint density at radius 1 is 1.11 bits per heavy atom. The Morgan fingerprint density at radius 2 is 1.63 bits per heavy atom. The zero-order valence-electron chi connectivity index (χ0n) is 13.8. The van der Waals surface area contributed by atoms with Crippen LogP contribution in [0.15, 0.2) is 41.3 Å². The molecule has 0 aliphatic rings. The molecule has 0 saturated heterocycles. The Labute approximate surface area is 159 Å². The second-order valence-electron chi connectivity index (χ2n) is 5.43. The van der Waals surface area contributed by atoms with E-state index in [9.17, 15) is 31.7 Å². The van der Waals surface area contributed by atoms with E-state index in [0.717, 1.165) is 35.6 Å². The number of nitrogens with two attached hydrogens (primary N) is 1. The number of nitro groups is 1. The number of rotatable bonds is 6. The minimum Gasteiger partial charge on any atom is -0.323 e. The lowest BCUT2D eigenvalue weighted by atomic mass is 10.1. The first-order chi connectivity index (χ1) is 12.0. The predicted octanol–water partition coefficient (Wildman–Crippen LogP) is 2.75. The third-order valence-corrected chi connectivity index (χ3v) is 5.49. The zero-order valence-corrected chi connectivity index (χ0v) is 15.4. The van der Waals surface area contributed by atoms with Crippen LogP contribution in [0.2, 0.25) is 0 Å². The summed E-state index contributed by atoms with van der Waals surface area (Å²) in [5.74, 6) is -3.79. The van der Waals surface area contributed by atoms with Gasteiger partial charge in [-0.1, -0.05) is 0 Å². The SMILES string of the molecule is CN(CC(N)c1cc(F)c(F)cc1F)S(=O)(=O)c1ccc([N+](=O)[O-])cc1.Cl. The lowest BCUT2D eigenvalue weighted by Gasteiger charge is -2.22. The molecule has 148 valence electrons. The predicted molar refractivity (Wildman–Crippen MR) is 93.4 cm³/mol. The molecule has 1 atom stereocenters. The second kappa shape index (κ2) is 8.65. The van der Waals surface area contributed by atoms with Crippen molar-refractivity contribution >= 4 is 28.1 Å². The third-order valence-electron chi connectivity index (χ3n) is 3.65. The summed E-state index contributed by atoms with van der Waals surface area (Å²) in [4.78, 5) is 9.71. The van der Waals surface area contributed by atoms with Gasteiger partial charge in [0.25, 0.3) is 5.69 Å². The van der Waals surface area contributed by atoms with E-state index < -0.39 is 45.0 Å². The van der Waals surface area contributed by atoms with Gasteiger partial charge in [0.1, 0.15) is 5.82 Å². The van der Waals surface area contributed by atoms with E-state index in [-0.39, 0.29) is 28.6 Å². The fourth-order valence-electron chi connectivity index (χ4n) is 2.22. The van der Waals surface area contributed by atoms with Crippen molar-refractivity contribution in [1.29, 1.82) is 0 Å². The number of sulfonamides is 1. The number of hydrogen-bond donors (Lipinski definition) is 1. The van der Waals surface area contributed by atoms with E-state index in [4.69, 9.17) is 5.73 Å². The van der Waals surface area contributed by atoms with Gasteiger partial charge in [-0.25, -0.2) is 21.6 Å². The van der Waals surface area contributed by atoms with Crippen LogP contribution < -0.4 is 5.73 Å². The van der Waals surface area contributed by atoms with Crippen molar-refractivity contribution < 1.29 is 26.5 Å². The minimum absolute atomic E-state index is 0. The maximum Gasteiger partial charge on any atom is 0.269 e. The van der Waals surface area contributed by atoms with E-state index in [1.54, 1.807) is 0 Å². The number of benzene rings is 2. The Kier molecular flexibility index (Phi) is 7.32. The highest BCUT2D eigenvalue weighted by Gasteiger charge is 2.25. The molecule has 2 N–H and O–H groups in total. The van der Waals surface area contributed by atoms with E-state index in [0.29, 0.717) is 12.1 Å². The van der Waals surface area contributed by atoms with Crippen LogP contribution in [0.4, 0.5) is 18.9 Å². The first kappa shape index (κ1) is 22.8. The van der Waals surface area contributed by atoms with Crippen molar-refractivity contribution in [3.63, 3.8) is 0 Å². The minimum atomic E-state index is -4.08. The molecular weight excluding hydrogens is 411 g/mol. The summed E-state index contributed by atoms with van der Waals surface area (Å²) in [5.41, 5.74) is 5.06. The van der Waals surface area contributed by atoms with E-state index >= 15 is 0 Å². The number of halogens is 4. The number of nitrogens with zero attached hydrogens (tertiary/aromatic N) is 2. The van der Waals surface area contributed by atoms with Crippen molar-refractivity contribution in [3.8, 4) is 0 Å². The zero-order chi connectivity index (χ0) is 19.6. The topological polar surface area (TPSA) is 107 Å². The molecule has 0 amide bonds. The van der Waals surface area contributed by atoms with Crippen LogP contribution in [0.25, 0.3) is 0 Å². The summed E-state index contributed by atoms with van der Waals surface area (Å²) in [6.45, 7) is -0.429. The van der Waals surface area contributed by atoms with E-state index in [2.05, 4.69) is 0 Å². The highest BCUT2D eigenvalue weighted by atomic mass is 35.5. The summed E-state index contributed by atoms with van der Waals surface area (Å²) < 4.78 is 65.7. The van der Waals surface area contributed by atoms with Crippen LogP contribution >= 0.6 is 12.4 Å². The Bertz CT molecular complexity index is 942. The van der Waals surface area contributed by atoms with Crippen molar-refractivity contribution in [2.45, 2.75) is 10.9 Å². The smallest absolute Gasteiger partial charge is 0.269 e. The maximum absolute atomic E-state index is 13.8. The lowest BCUT2D eigenvalue weighted by molar-refractivity contribution is -0.384. The number of non-ortho nitro benzene ring substituents is 1. The fourth-order valence-corrected chi connectivity index (χ4v) is 3.41. The van der Waals surface area contributed by atoms with Crippen molar-refractivity contribution in [2.75, 3.05) is 13.6 Å². The summed E-state index contributed by atoms with van der Waals surface area (Å²) in [7, 11) is -2.91. The lowest BCUT2D eigenvalue weighted by Crippen LogP contribution is -2.34. The molecule has 0 spiro atoms. The molecule has 7 nitrogen and oxygen atoms in total. The van der Waals surface area contributed by atoms with Crippen LogP contribution in [0.3, 0.4) is 0 Å². The van der Waals surface area contributed by atoms with Crippen LogP contribution in [-0.2, 0) is 10.0 Å².